The number of nitrogens with zero attached hydrogens (tertiary/aromatic N) is 1. The number of imide groups is 1. The molecule has 0 radical (unpaired) electrons. The fraction of sp³-hybridized carbons (Fsp3) is 0.769. The average molecular weight is 270 g/mol. The maximum atomic E-state index is 11.6. The number of aliphatic hydroxyl groups excluding tert-OH is 1. The lowest BCUT2D eigenvalue weighted by Gasteiger charge is -2.25. The Morgan fingerprint density at radius 3 is 2.32 bits per heavy atom. The standard InChI is InChI=1S/C13H22N2O4/c1-13(2,3)9(16)6-7-14-10(17)8-15-11(18)4-5-12(15)19/h9,16H,4-8H2,1-3H3,(H,14,17). The number of aliphatic hydroxyl groups is 1. The molecule has 0 saturated carbocycles. The van der Waals surface area contributed by atoms with Gasteiger partial charge in [-0.1, -0.05) is 20.8 Å². The van der Waals surface area contributed by atoms with Gasteiger partial charge < -0.3 is 10.4 Å². The van der Waals surface area contributed by atoms with Crippen LogP contribution in [0.2, 0.25) is 0 Å². The van der Waals surface area contributed by atoms with E-state index in [0.717, 1.165) is 4.90 Å². The summed E-state index contributed by atoms with van der Waals surface area (Å²) >= 11 is 0. The monoisotopic (exact) mass is 270 g/mol. The minimum absolute atomic E-state index is 0.189. The Kier molecular flexibility index (Phi) is 5.05. The van der Waals surface area contributed by atoms with Gasteiger partial charge >= 0.3 is 0 Å². The summed E-state index contributed by atoms with van der Waals surface area (Å²) in [5.41, 5.74) is -0.231. The van der Waals surface area contributed by atoms with Crippen LogP contribution >= 0.6 is 0 Å². The average Bonchev–Trinajstić information content (AvgIpc) is 2.59. The number of rotatable bonds is 5. The zero-order valence-corrected chi connectivity index (χ0v) is 11.7. The zero-order chi connectivity index (χ0) is 14.6. The Hall–Kier alpha value is -1.43. The van der Waals surface area contributed by atoms with Gasteiger partial charge in [0.25, 0.3) is 0 Å². The van der Waals surface area contributed by atoms with Crippen LogP contribution < -0.4 is 5.32 Å². The fourth-order valence-corrected chi connectivity index (χ4v) is 1.78. The van der Waals surface area contributed by atoms with Gasteiger partial charge in [-0.3, -0.25) is 19.3 Å². The molecule has 0 spiro atoms. The van der Waals surface area contributed by atoms with E-state index in [0.29, 0.717) is 13.0 Å². The van der Waals surface area contributed by atoms with E-state index < -0.39 is 6.10 Å². The predicted molar refractivity (Wildman–Crippen MR) is 69.0 cm³/mol. The molecule has 0 aromatic heterocycles. The van der Waals surface area contributed by atoms with E-state index in [1.54, 1.807) is 0 Å². The van der Waals surface area contributed by atoms with Crippen molar-refractivity contribution in [3.8, 4) is 0 Å². The first-order chi connectivity index (χ1) is 8.71. The van der Waals surface area contributed by atoms with Crippen molar-refractivity contribution in [2.24, 2.45) is 5.41 Å². The highest BCUT2D eigenvalue weighted by molar-refractivity contribution is 6.04. The minimum atomic E-state index is -0.511. The van der Waals surface area contributed by atoms with E-state index >= 15 is 0 Å². The highest BCUT2D eigenvalue weighted by atomic mass is 16.3. The number of hydrogen-bond donors (Lipinski definition) is 2. The van der Waals surface area contributed by atoms with E-state index in [2.05, 4.69) is 5.32 Å². The molecule has 6 heteroatoms. The molecule has 1 atom stereocenters. The fourth-order valence-electron chi connectivity index (χ4n) is 1.78. The van der Waals surface area contributed by atoms with E-state index in [1.807, 2.05) is 20.8 Å². The van der Waals surface area contributed by atoms with Crippen molar-refractivity contribution in [3.63, 3.8) is 0 Å². The van der Waals surface area contributed by atoms with Crippen LogP contribution in [-0.2, 0) is 14.4 Å². The molecular weight excluding hydrogens is 248 g/mol. The van der Waals surface area contributed by atoms with Gasteiger partial charge in [0.1, 0.15) is 6.54 Å². The second kappa shape index (κ2) is 6.14. The molecule has 3 amide bonds. The normalized spacial score (nSPS) is 17.8. The molecule has 108 valence electrons. The quantitative estimate of drug-likeness (QED) is 0.691. The molecule has 6 nitrogen and oxygen atoms in total. The van der Waals surface area contributed by atoms with Crippen molar-refractivity contribution in [1.82, 2.24) is 10.2 Å². The molecule has 19 heavy (non-hydrogen) atoms. The number of nitrogens with one attached hydrogen (secondary N) is 1. The summed E-state index contributed by atoms with van der Waals surface area (Å²) in [4.78, 5) is 35.2. The van der Waals surface area contributed by atoms with Crippen LogP contribution in [0.3, 0.4) is 0 Å². The topological polar surface area (TPSA) is 86.7 Å². The summed E-state index contributed by atoms with van der Waals surface area (Å²) in [5.74, 6) is -0.963. The number of likely N-dealkylation sites (tertiary alicyclic amines) is 1. The third-order valence-corrected chi connectivity index (χ3v) is 3.20. The number of hydrogen-bond acceptors (Lipinski definition) is 4. The summed E-state index contributed by atoms with van der Waals surface area (Å²) in [7, 11) is 0. The van der Waals surface area contributed by atoms with Crippen molar-refractivity contribution in [3.05, 3.63) is 0 Å². The summed E-state index contributed by atoms with van der Waals surface area (Å²) in [5, 5.41) is 12.4. The second-order valence-corrected chi connectivity index (χ2v) is 5.89. The van der Waals surface area contributed by atoms with Crippen molar-refractivity contribution >= 4 is 17.7 Å². The molecule has 2 N–H and O–H groups in total. The maximum Gasteiger partial charge on any atom is 0.240 e. The maximum absolute atomic E-state index is 11.6. The van der Waals surface area contributed by atoms with Crippen LogP contribution in [0.5, 0.6) is 0 Å². The minimum Gasteiger partial charge on any atom is -0.393 e. The first-order valence-corrected chi connectivity index (χ1v) is 6.50. The van der Waals surface area contributed by atoms with Crippen LogP contribution in [-0.4, -0.2) is 46.9 Å². The Balaban J connectivity index is 2.29. The van der Waals surface area contributed by atoms with Crippen LogP contribution in [0, 0.1) is 5.41 Å². The molecule has 1 unspecified atom stereocenters. The third kappa shape index (κ3) is 4.63. The van der Waals surface area contributed by atoms with Gasteiger partial charge in [0.15, 0.2) is 0 Å². The van der Waals surface area contributed by atoms with Crippen LogP contribution in [0.1, 0.15) is 40.0 Å². The third-order valence-electron chi connectivity index (χ3n) is 3.20. The van der Waals surface area contributed by atoms with Gasteiger partial charge in [-0.25, -0.2) is 0 Å². The van der Waals surface area contributed by atoms with Crippen LogP contribution in [0.15, 0.2) is 0 Å². The Morgan fingerprint density at radius 1 is 1.32 bits per heavy atom. The molecule has 1 aliphatic heterocycles. The Bertz CT molecular complexity index is 357. The summed E-state index contributed by atoms with van der Waals surface area (Å²) < 4.78 is 0. The lowest BCUT2D eigenvalue weighted by molar-refractivity contribution is -0.142. The molecule has 1 fully saturated rings. The number of carbonyl (C=O) groups is 3. The lowest BCUT2D eigenvalue weighted by atomic mass is 9.87. The molecule has 0 bridgehead atoms. The van der Waals surface area contributed by atoms with Gasteiger partial charge in [-0.15, -0.1) is 0 Å². The van der Waals surface area contributed by atoms with Gasteiger partial charge in [0.05, 0.1) is 6.10 Å². The van der Waals surface area contributed by atoms with E-state index in [-0.39, 0.29) is 42.5 Å². The van der Waals surface area contributed by atoms with Crippen LogP contribution in [0.4, 0.5) is 0 Å². The molecule has 0 aliphatic carbocycles. The predicted octanol–water partition coefficient (Wildman–Crippen LogP) is 0.0487. The van der Waals surface area contributed by atoms with Gasteiger partial charge in [-0.05, 0) is 11.8 Å². The van der Waals surface area contributed by atoms with Crippen molar-refractivity contribution in [2.45, 2.75) is 46.1 Å². The Morgan fingerprint density at radius 2 is 1.84 bits per heavy atom. The van der Waals surface area contributed by atoms with Gasteiger partial charge in [0.2, 0.25) is 17.7 Å². The van der Waals surface area contributed by atoms with Crippen molar-refractivity contribution in [2.75, 3.05) is 13.1 Å². The largest absolute Gasteiger partial charge is 0.393 e. The number of amides is 3. The molecular formula is C13H22N2O4. The zero-order valence-electron chi connectivity index (χ0n) is 11.7. The number of carbonyl (C=O) groups excluding carboxylic acids is 3. The molecule has 0 aromatic rings. The second-order valence-electron chi connectivity index (χ2n) is 5.89. The lowest BCUT2D eigenvalue weighted by Crippen LogP contribution is -2.41. The first-order valence-electron chi connectivity index (χ1n) is 6.50. The van der Waals surface area contributed by atoms with Crippen molar-refractivity contribution < 1.29 is 19.5 Å². The highest BCUT2D eigenvalue weighted by Gasteiger charge is 2.30. The SMILES string of the molecule is CC(C)(C)C(O)CCNC(=O)CN1C(=O)CCC1=O. The molecule has 1 aliphatic rings. The van der Waals surface area contributed by atoms with E-state index in [9.17, 15) is 19.5 Å². The Labute approximate surface area is 113 Å². The molecule has 0 aromatic carbocycles. The van der Waals surface area contributed by atoms with E-state index in [4.69, 9.17) is 0 Å². The van der Waals surface area contributed by atoms with Crippen LogP contribution in [0.25, 0.3) is 0 Å². The molecule has 1 saturated heterocycles. The highest BCUT2D eigenvalue weighted by Crippen LogP contribution is 2.20. The summed E-state index contributed by atoms with van der Waals surface area (Å²) in [6.45, 7) is 5.86. The summed E-state index contributed by atoms with van der Waals surface area (Å²) in [6, 6.07) is 0. The molecule has 1 rings (SSSR count). The molecule has 1 heterocycles. The first kappa shape index (κ1) is 15.6. The van der Waals surface area contributed by atoms with Gasteiger partial charge in [0, 0.05) is 19.4 Å². The van der Waals surface area contributed by atoms with Crippen molar-refractivity contribution in [1.29, 1.82) is 0 Å². The summed E-state index contributed by atoms with van der Waals surface area (Å²) in [6.07, 6.45) is 0.309. The smallest absolute Gasteiger partial charge is 0.240 e. The van der Waals surface area contributed by atoms with E-state index in [1.165, 1.54) is 0 Å². The van der Waals surface area contributed by atoms with Gasteiger partial charge in [-0.2, -0.15) is 0 Å².